The third-order valence-electron chi connectivity index (χ3n) is 6.83. The quantitative estimate of drug-likeness (QED) is 0.212. The zero-order valence-electron chi connectivity index (χ0n) is 21.5. The summed E-state index contributed by atoms with van der Waals surface area (Å²) in [5, 5.41) is 0.937. The molecule has 1 aliphatic heterocycles. The number of hydrogen-bond acceptors (Lipinski definition) is 6. The summed E-state index contributed by atoms with van der Waals surface area (Å²) in [7, 11) is 0. The van der Waals surface area contributed by atoms with E-state index in [1.165, 1.54) is 0 Å². The van der Waals surface area contributed by atoms with Crippen molar-refractivity contribution in [2.75, 3.05) is 18.8 Å². The van der Waals surface area contributed by atoms with Crippen LogP contribution >= 0.6 is 12.2 Å². The fraction of sp³-hybridized carbons (Fsp3) is 0.267. The van der Waals surface area contributed by atoms with Gasteiger partial charge < -0.3 is 15.1 Å². The minimum absolute atomic E-state index is 0.00911. The summed E-state index contributed by atoms with van der Waals surface area (Å²) in [5.74, 6) is -1.45. The number of ketones is 1. The lowest BCUT2D eigenvalue weighted by atomic mass is 10.0. The molecule has 6 nitrogen and oxygen atoms in total. The van der Waals surface area contributed by atoms with Crippen LogP contribution in [-0.4, -0.2) is 44.7 Å². The molecule has 0 unspecified atom stereocenters. The van der Waals surface area contributed by atoms with E-state index >= 15 is 0 Å². The van der Waals surface area contributed by atoms with Gasteiger partial charge in [0.05, 0.1) is 5.69 Å². The molecule has 0 bridgehead atoms. The number of piperidine rings is 1. The molecule has 0 atom stereocenters. The van der Waals surface area contributed by atoms with Crippen molar-refractivity contribution in [3.63, 3.8) is 0 Å². The number of furan rings is 1. The lowest BCUT2D eigenvalue weighted by molar-refractivity contribution is -0.114. The number of alkyl halides is 2. The van der Waals surface area contributed by atoms with Crippen LogP contribution in [-0.2, 0) is 11.2 Å². The highest BCUT2D eigenvalue weighted by molar-refractivity contribution is 7.80. The largest absolute Gasteiger partial charge is 0.461 e. The second-order valence-corrected chi connectivity index (χ2v) is 10.2. The van der Waals surface area contributed by atoms with Gasteiger partial charge in [-0.2, -0.15) is 0 Å². The van der Waals surface area contributed by atoms with Crippen LogP contribution in [0.4, 0.5) is 14.6 Å². The monoisotopic (exact) mass is 546 g/mol. The number of carbonyl (C=O) groups is 1. The molecule has 1 aromatic carbocycles. The van der Waals surface area contributed by atoms with Crippen molar-refractivity contribution in [2.45, 2.75) is 38.5 Å². The Labute approximate surface area is 230 Å². The number of likely N-dealkylation sites (tertiary alicyclic amines) is 1. The van der Waals surface area contributed by atoms with Gasteiger partial charge in [-0.1, -0.05) is 12.2 Å². The van der Waals surface area contributed by atoms with E-state index in [1.807, 2.05) is 42.2 Å². The molecule has 3 aromatic heterocycles. The molecular weight excluding hydrogens is 518 g/mol. The van der Waals surface area contributed by atoms with Gasteiger partial charge in [0.25, 0.3) is 5.92 Å². The van der Waals surface area contributed by atoms with E-state index < -0.39 is 5.92 Å². The molecule has 9 heteroatoms. The Morgan fingerprint density at radius 3 is 2.62 bits per heavy atom. The molecule has 39 heavy (non-hydrogen) atoms. The Kier molecular flexibility index (Phi) is 7.52. The van der Waals surface area contributed by atoms with Crippen molar-refractivity contribution >= 4 is 45.9 Å². The lowest BCUT2D eigenvalue weighted by Crippen LogP contribution is -2.42. The molecule has 5 rings (SSSR count). The number of nitrogens with zero attached hydrogens (tertiary/aromatic N) is 3. The van der Waals surface area contributed by atoms with Crippen LogP contribution in [0.25, 0.3) is 28.3 Å². The number of fused-ring (bicyclic) bond motifs is 1. The number of pyridine rings is 2. The van der Waals surface area contributed by atoms with Crippen molar-refractivity contribution in [2.24, 2.45) is 0 Å². The summed E-state index contributed by atoms with van der Waals surface area (Å²) >= 11 is 5.54. The number of aryl methyl sites for hydroxylation is 2. The van der Waals surface area contributed by atoms with Crippen LogP contribution in [0.2, 0.25) is 0 Å². The Morgan fingerprint density at radius 1 is 1.13 bits per heavy atom. The molecule has 2 N–H and O–H groups in total. The number of hydrogen-bond donors (Lipinski definition) is 1. The van der Waals surface area contributed by atoms with Crippen molar-refractivity contribution in [1.82, 2.24) is 14.9 Å². The maximum absolute atomic E-state index is 13.5. The number of carbonyl (C=O) groups excluding carboxylic acids is 1. The first kappa shape index (κ1) is 26.6. The summed E-state index contributed by atoms with van der Waals surface area (Å²) < 4.78 is 33.0. The van der Waals surface area contributed by atoms with Crippen molar-refractivity contribution < 1.29 is 18.0 Å². The highest BCUT2D eigenvalue weighted by Gasteiger charge is 2.34. The molecular formula is C30H28F2N4O2S. The second-order valence-electron chi connectivity index (χ2n) is 9.82. The molecule has 4 aromatic rings. The van der Waals surface area contributed by atoms with Gasteiger partial charge in [0.1, 0.15) is 22.1 Å². The van der Waals surface area contributed by atoms with E-state index in [0.717, 1.165) is 44.7 Å². The first-order valence-corrected chi connectivity index (χ1v) is 13.2. The molecule has 1 saturated heterocycles. The van der Waals surface area contributed by atoms with Gasteiger partial charge in [-0.3, -0.25) is 9.78 Å². The Hall–Kier alpha value is -3.98. The topological polar surface area (TPSA) is 85.2 Å². The van der Waals surface area contributed by atoms with E-state index in [0.29, 0.717) is 23.6 Å². The standard InChI is InChI=1S/C30H28F2N4O2S/c1-19-14-22(26-8-4-21(18-34-26)29(39)36-12-10-30(31,32)11-13-36)15-23-16-25(38-28(19)23)7-6-24(37)5-2-20-3-9-27(33)35-17-20/h2-5,8-9,14-18H,6-7,10-13H2,1H3,(H2,33,35)/b5-2+. The van der Waals surface area contributed by atoms with Crippen molar-refractivity contribution in [1.29, 1.82) is 0 Å². The van der Waals surface area contributed by atoms with E-state index in [-0.39, 0.29) is 31.7 Å². The molecule has 1 fully saturated rings. The maximum Gasteiger partial charge on any atom is 0.251 e. The Morgan fingerprint density at radius 2 is 1.92 bits per heavy atom. The lowest BCUT2D eigenvalue weighted by Gasteiger charge is -2.33. The first-order valence-electron chi connectivity index (χ1n) is 12.8. The van der Waals surface area contributed by atoms with Crippen LogP contribution in [0.3, 0.4) is 0 Å². The smallest absolute Gasteiger partial charge is 0.251 e. The van der Waals surface area contributed by atoms with E-state index in [4.69, 9.17) is 22.4 Å². The molecule has 0 aliphatic carbocycles. The summed E-state index contributed by atoms with van der Waals surface area (Å²) in [6, 6.07) is 13.3. The molecule has 0 saturated carbocycles. The molecule has 200 valence electrons. The minimum atomic E-state index is -2.61. The molecule has 0 spiro atoms. The normalized spacial score (nSPS) is 15.2. The fourth-order valence-electron chi connectivity index (χ4n) is 4.60. The number of halogens is 2. The summed E-state index contributed by atoms with van der Waals surface area (Å²) in [6.07, 6.45) is 7.02. The van der Waals surface area contributed by atoms with Gasteiger partial charge in [0.15, 0.2) is 5.78 Å². The van der Waals surface area contributed by atoms with E-state index in [1.54, 1.807) is 36.7 Å². The highest BCUT2D eigenvalue weighted by atomic mass is 32.1. The van der Waals surface area contributed by atoms with Crippen LogP contribution in [0.5, 0.6) is 0 Å². The number of aromatic nitrogens is 2. The third kappa shape index (κ3) is 6.37. The summed E-state index contributed by atoms with van der Waals surface area (Å²) in [5.41, 5.74) is 10.6. The average Bonchev–Trinajstić information content (AvgIpc) is 3.35. The Bertz CT molecular complexity index is 1540. The number of anilines is 1. The van der Waals surface area contributed by atoms with Crippen molar-refractivity contribution in [3.05, 3.63) is 83.4 Å². The van der Waals surface area contributed by atoms with Crippen LogP contribution < -0.4 is 5.73 Å². The predicted octanol–water partition coefficient (Wildman–Crippen LogP) is 6.40. The van der Waals surface area contributed by atoms with Gasteiger partial charge in [0, 0.05) is 67.7 Å². The number of thiocarbonyl (C=S) groups is 1. The number of nitrogens with two attached hydrogens (primary N) is 1. The molecule has 0 radical (unpaired) electrons. The van der Waals surface area contributed by atoms with Crippen molar-refractivity contribution in [3.8, 4) is 11.3 Å². The predicted molar refractivity (Wildman–Crippen MR) is 153 cm³/mol. The molecule has 1 aliphatic rings. The number of rotatable bonds is 7. The zero-order chi connectivity index (χ0) is 27.6. The van der Waals surface area contributed by atoms with Gasteiger partial charge in [0.2, 0.25) is 0 Å². The van der Waals surface area contributed by atoms with Gasteiger partial charge in [-0.15, -0.1) is 0 Å². The first-order chi connectivity index (χ1) is 18.7. The van der Waals surface area contributed by atoms with E-state index in [9.17, 15) is 13.6 Å². The number of nitrogen functional groups attached to an aromatic ring is 1. The maximum atomic E-state index is 13.5. The van der Waals surface area contributed by atoms with Gasteiger partial charge in [-0.25, -0.2) is 13.8 Å². The fourth-order valence-corrected chi connectivity index (χ4v) is 4.90. The summed E-state index contributed by atoms with van der Waals surface area (Å²) in [4.78, 5) is 23.3. The van der Waals surface area contributed by atoms with Gasteiger partial charge in [-0.05, 0) is 72.7 Å². The molecule has 0 amide bonds. The third-order valence-corrected chi connectivity index (χ3v) is 7.32. The van der Waals surface area contributed by atoms with Crippen LogP contribution in [0.15, 0.2) is 65.4 Å². The van der Waals surface area contributed by atoms with Crippen LogP contribution in [0.1, 0.15) is 41.7 Å². The SMILES string of the molecule is Cc1cc(-c2ccc(C(=S)N3CCC(F)(F)CC3)cn2)cc2cc(CCC(=O)/C=C/c3ccc(N)nc3)oc12. The number of allylic oxidation sites excluding steroid dienone is 1. The summed E-state index contributed by atoms with van der Waals surface area (Å²) in [6.45, 7) is 2.46. The zero-order valence-corrected chi connectivity index (χ0v) is 22.3. The van der Waals surface area contributed by atoms with E-state index in [2.05, 4.69) is 9.97 Å². The second kappa shape index (κ2) is 11.0. The average molecular weight is 547 g/mol. The minimum Gasteiger partial charge on any atom is -0.461 e. The van der Waals surface area contributed by atoms with Gasteiger partial charge >= 0.3 is 0 Å². The Balaban J connectivity index is 1.24. The van der Waals surface area contributed by atoms with Crippen LogP contribution in [0, 0.1) is 6.92 Å². The number of benzene rings is 1. The highest BCUT2D eigenvalue weighted by Crippen LogP contribution is 2.31. The molecule has 4 heterocycles.